The topological polar surface area (TPSA) is 103 Å². The van der Waals surface area contributed by atoms with Crippen LogP contribution in [-0.2, 0) is 20.1 Å². The predicted molar refractivity (Wildman–Crippen MR) is 175 cm³/mol. The fraction of sp³-hybridized carbons (Fsp3) is 0.800. The Balaban J connectivity index is 2.75. The average molecular weight is 625 g/mol. The third-order valence-electron chi connectivity index (χ3n) is 10.2. The minimum Gasteiger partial charge on any atom is -0.432 e. The van der Waals surface area contributed by atoms with Crippen molar-refractivity contribution in [1.82, 2.24) is 9.55 Å². The van der Waals surface area contributed by atoms with E-state index in [0.29, 0.717) is 18.6 Å². The second-order valence-corrected chi connectivity index (χ2v) is 30.0. The first kappa shape index (κ1) is 35.9. The van der Waals surface area contributed by atoms with E-state index in [1.54, 1.807) is 0 Å². The molecule has 0 aromatic carbocycles. The Bertz CT molecular complexity index is 1230. The van der Waals surface area contributed by atoms with Crippen LogP contribution in [0.1, 0.15) is 73.5 Å². The van der Waals surface area contributed by atoms with Crippen molar-refractivity contribution in [2.45, 2.75) is 141 Å². The summed E-state index contributed by atoms with van der Waals surface area (Å²) in [6.07, 6.45) is 6.17. The van der Waals surface area contributed by atoms with Crippen LogP contribution in [-0.4, -0.2) is 58.1 Å². The fourth-order valence-corrected chi connectivity index (χ4v) is 7.56. The van der Waals surface area contributed by atoms with E-state index in [-0.39, 0.29) is 28.6 Å². The molecule has 0 aliphatic carbocycles. The number of aromatic amines is 1. The molecule has 1 fully saturated rings. The molecular formula is C30H56N2O6Si3. The van der Waals surface area contributed by atoms with Crippen molar-refractivity contribution < 1.29 is 18.4 Å². The van der Waals surface area contributed by atoms with E-state index in [1.807, 2.05) is 13.1 Å². The molecule has 0 bridgehead atoms. The molecule has 4 atom stereocenters. The lowest BCUT2D eigenvalue weighted by atomic mass is 9.85. The van der Waals surface area contributed by atoms with E-state index in [9.17, 15) is 14.4 Å². The Morgan fingerprint density at radius 1 is 1.00 bits per heavy atom. The Morgan fingerprint density at radius 2 is 1.54 bits per heavy atom. The van der Waals surface area contributed by atoms with Crippen LogP contribution in [0, 0.1) is 18.3 Å². The zero-order chi connectivity index (χ0) is 32.0. The molecule has 0 radical (unpaired) electrons. The molecule has 8 nitrogen and oxygen atoms in total. The maximum absolute atomic E-state index is 13.3. The first-order valence-corrected chi connectivity index (χ1v) is 23.5. The van der Waals surface area contributed by atoms with E-state index in [4.69, 9.17) is 20.0 Å². The number of aromatic nitrogens is 2. The summed E-state index contributed by atoms with van der Waals surface area (Å²) in [6.45, 7) is 30.5. The van der Waals surface area contributed by atoms with Gasteiger partial charge in [-0.2, -0.15) is 0 Å². The summed E-state index contributed by atoms with van der Waals surface area (Å²) in [7, 11) is -7.08. The van der Waals surface area contributed by atoms with Crippen LogP contribution < -0.4 is 11.2 Å². The predicted octanol–water partition coefficient (Wildman–Crippen LogP) is 6.01. The molecule has 1 saturated heterocycles. The molecule has 1 unspecified atom stereocenters. The molecule has 2 N–H and O–H groups in total. The molecule has 0 saturated carbocycles. The first-order chi connectivity index (χ1) is 18.3. The van der Waals surface area contributed by atoms with Gasteiger partial charge in [0.15, 0.2) is 25.0 Å². The smallest absolute Gasteiger partial charge is 0.329 e. The molecule has 1 aromatic heterocycles. The maximum atomic E-state index is 13.3. The molecule has 0 amide bonds. The van der Waals surface area contributed by atoms with Gasteiger partial charge in [0, 0.05) is 12.1 Å². The highest BCUT2D eigenvalue weighted by molar-refractivity contribution is 6.74. The second-order valence-electron chi connectivity index (χ2n) is 16.0. The van der Waals surface area contributed by atoms with Gasteiger partial charge in [-0.3, -0.25) is 14.3 Å². The third kappa shape index (κ3) is 8.02. The molecule has 2 heterocycles. The van der Waals surface area contributed by atoms with Gasteiger partial charge in [-0.05, 0) is 60.8 Å². The van der Waals surface area contributed by atoms with Gasteiger partial charge in [0.05, 0.1) is 30.9 Å². The van der Waals surface area contributed by atoms with Crippen LogP contribution in [0.3, 0.4) is 0 Å². The zero-order valence-electron chi connectivity index (χ0n) is 28.0. The summed E-state index contributed by atoms with van der Waals surface area (Å²) < 4.78 is 22.0. The lowest BCUT2D eigenvalue weighted by Gasteiger charge is -2.44. The Labute approximate surface area is 251 Å². The van der Waals surface area contributed by atoms with E-state index in [0.717, 1.165) is 0 Å². The fourth-order valence-electron chi connectivity index (χ4n) is 4.45. The average Bonchev–Trinajstić information content (AvgIpc) is 3.07. The highest BCUT2D eigenvalue weighted by atomic mass is 28.4. The molecule has 0 spiro atoms. The summed E-state index contributed by atoms with van der Waals surface area (Å²) >= 11 is 0. The Hall–Kier alpha value is -1.27. The molecule has 2 rings (SSSR count). The van der Waals surface area contributed by atoms with Crippen LogP contribution in [0.15, 0.2) is 15.8 Å². The third-order valence-corrected chi connectivity index (χ3v) is 22.7. The number of ether oxygens (including phenoxy) is 1. The van der Waals surface area contributed by atoms with Gasteiger partial charge < -0.3 is 18.4 Å². The lowest BCUT2D eigenvalue weighted by molar-refractivity contribution is -0.0172. The molecule has 1 aliphatic heterocycles. The number of rotatable bonds is 10. The zero-order valence-corrected chi connectivity index (χ0v) is 31.0. The largest absolute Gasteiger partial charge is 0.432 e. The van der Waals surface area contributed by atoms with Gasteiger partial charge in [0.25, 0.3) is 5.56 Å². The van der Waals surface area contributed by atoms with Crippen molar-refractivity contribution in [3.63, 3.8) is 0 Å². The second kappa shape index (κ2) is 12.0. The van der Waals surface area contributed by atoms with Gasteiger partial charge in [-0.25, -0.2) is 4.79 Å². The van der Waals surface area contributed by atoms with Crippen molar-refractivity contribution >= 4 is 25.0 Å². The van der Waals surface area contributed by atoms with Gasteiger partial charge in [-0.1, -0.05) is 61.3 Å². The SMILES string of the molecule is C#CCn1cc([C@@H]2O[C@H](CO[Si](C)(C)C(C)(C)C)C(O[Si](C)(C)C(C)(C)C)[C@@H]2CC(C)(C)[Si](C)(C)O)c(=O)[nH]c1=O. The number of nitrogens with zero attached hydrogens (tertiary/aromatic N) is 1. The van der Waals surface area contributed by atoms with Gasteiger partial charge in [0.1, 0.15) is 6.10 Å². The van der Waals surface area contributed by atoms with Crippen molar-refractivity contribution in [3.05, 3.63) is 32.6 Å². The normalized spacial score (nSPS) is 23.1. The van der Waals surface area contributed by atoms with Crippen LogP contribution >= 0.6 is 0 Å². The van der Waals surface area contributed by atoms with Crippen molar-refractivity contribution in [2.24, 2.45) is 5.92 Å². The highest BCUT2D eigenvalue weighted by Gasteiger charge is 2.54. The van der Waals surface area contributed by atoms with E-state index in [1.165, 1.54) is 10.8 Å². The van der Waals surface area contributed by atoms with Crippen molar-refractivity contribution in [1.29, 1.82) is 0 Å². The summed E-state index contributed by atoms with van der Waals surface area (Å²) in [5.41, 5.74) is -0.701. The standard InChI is InChI=1S/C30H56N2O6Si3/c1-16-17-32-19-22(26(33)31-27(32)34)24-21(18-30(8,9)39(10,11)35)25(38-41(14,15)29(5,6)7)23(37-24)20-36-40(12,13)28(2,3)4/h1,19,21,23-25,35H,17-18,20H2,2-15H3,(H,31,33,34)/t21-,23-,24-,25?/m1/s1. The van der Waals surface area contributed by atoms with E-state index in [2.05, 4.69) is 92.5 Å². The van der Waals surface area contributed by atoms with Crippen LogP contribution in [0.4, 0.5) is 0 Å². The number of hydrogen-bond donors (Lipinski definition) is 2. The van der Waals surface area contributed by atoms with Crippen molar-refractivity contribution in [3.8, 4) is 12.3 Å². The number of hydrogen-bond acceptors (Lipinski definition) is 6. The number of terminal acetylenes is 1. The Morgan fingerprint density at radius 3 is 2.00 bits per heavy atom. The van der Waals surface area contributed by atoms with Crippen LogP contribution in [0.25, 0.3) is 0 Å². The minimum atomic E-state index is -2.64. The first-order valence-electron chi connectivity index (χ1n) is 14.7. The number of nitrogens with one attached hydrogen (secondary N) is 1. The number of H-pyrrole nitrogens is 1. The van der Waals surface area contributed by atoms with Gasteiger partial charge in [-0.15, -0.1) is 6.42 Å². The van der Waals surface area contributed by atoms with Crippen LogP contribution in [0.5, 0.6) is 0 Å². The summed E-state index contributed by atoms with van der Waals surface area (Å²) in [4.78, 5) is 39.5. The monoisotopic (exact) mass is 624 g/mol. The molecule has 1 aromatic rings. The Kier molecular flexibility index (Phi) is 10.5. The molecule has 41 heavy (non-hydrogen) atoms. The van der Waals surface area contributed by atoms with E-state index >= 15 is 0 Å². The molecule has 11 heteroatoms. The molecular weight excluding hydrogens is 569 g/mol. The highest BCUT2D eigenvalue weighted by Crippen LogP contribution is 2.52. The summed E-state index contributed by atoms with van der Waals surface area (Å²) in [6, 6.07) is 0. The van der Waals surface area contributed by atoms with Crippen LogP contribution in [0.2, 0.25) is 54.4 Å². The molecule has 1 aliphatic rings. The van der Waals surface area contributed by atoms with Gasteiger partial charge in [0.2, 0.25) is 0 Å². The lowest BCUT2D eigenvalue weighted by Crippen LogP contribution is -2.51. The van der Waals surface area contributed by atoms with Crippen molar-refractivity contribution in [2.75, 3.05) is 6.61 Å². The quantitative estimate of drug-likeness (QED) is 0.244. The maximum Gasteiger partial charge on any atom is 0.329 e. The van der Waals surface area contributed by atoms with E-state index < -0.39 is 53.4 Å². The summed E-state index contributed by atoms with van der Waals surface area (Å²) in [5, 5.41) is -0.460. The van der Waals surface area contributed by atoms with Gasteiger partial charge >= 0.3 is 5.69 Å². The molecule has 234 valence electrons. The summed E-state index contributed by atoms with van der Waals surface area (Å²) in [5.74, 6) is 2.23. The minimum absolute atomic E-state index is 0.0105.